The second-order valence-electron chi connectivity index (χ2n) is 7.33. The van der Waals surface area contributed by atoms with E-state index in [9.17, 15) is 0 Å². The maximum Gasteiger partial charge on any atom is 0.119 e. The highest BCUT2D eigenvalue weighted by molar-refractivity contribution is 5.29. The molecule has 1 aromatic carbocycles. The molecule has 1 aromatic rings. The smallest absolute Gasteiger partial charge is 0.119 e. The van der Waals surface area contributed by atoms with Crippen LogP contribution in [-0.2, 0) is 4.74 Å². The number of methoxy groups -OCH3 is 1. The Kier molecular flexibility index (Phi) is 9.73. The Morgan fingerprint density at radius 1 is 0.960 bits per heavy atom. The lowest BCUT2D eigenvalue weighted by Gasteiger charge is -2.27. The van der Waals surface area contributed by atoms with E-state index in [1.165, 1.54) is 63.4 Å². The van der Waals surface area contributed by atoms with E-state index >= 15 is 0 Å². The van der Waals surface area contributed by atoms with E-state index in [4.69, 9.17) is 9.47 Å². The highest BCUT2D eigenvalue weighted by Gasteiger charge is 2.20. The minimum atomic E-state index is 0.718. The van der Waals surface area contributed by atoms with Crippen molar-refractivity contribution >= 4 is 0 Å². The van der Waals surface area contributed by atoms with Crippen LogP contribution in [0.3, 0.4) is 0 Å². The van der Waals surface area contributed by atoms with Gasteiger partial charge in [0.05, 0.1) is 13.2 Å². The van der Waals surface area contributed by atoms with Gasteiger partial charge in [0.1, 0.15) is 5.75 Å². The maximum atomic E-state index is 5.88. The largest absolute Gasteiger partial charge is 0.494 e. The lowest BCUT2D eigenvalue weighted by Crippen LogP contribution is -2.11. The molecule has 25 heavy (non-hydrogen) atoms. The van der Waals surface area contributed by atoms with Crippen molar-refractivity contribution in [1.29, 1.82) is 0 Å². The van der Waals surface area contributed by atoms with Gasteiger partial charge in [-0.15, -0.1) is 0 Å². The third kappa shape index (κ3) is 7.64. The van der Waals surface area contributed by atoms with Crippen molar-refractivity contribution < 1.29 is 9.47 Å². The van der Waals surface area contributed by atoms with Crippen LogP contribution in [0.4, 0.5) is 0 Å². The van der Waals surface area contributed by atoms with Crippen LogP contribution in [-0.4, -0.2) is 20.3 Å². The third-order valence-electron chi connectivity index (χ3n) is 5.31. The topological polar surface area (TPSA) is 18.5 Å². The Morgan fingerprint density at radius 2 is 1.68 bits per heavy atom. The summed E-state index contributed by atoms with van der Waals surface area (Å²) in [7, 11) is 1.75. The molecule has 0 amide bonds. The van der Waals surface area contributed by atoms with Gasteiger partial charge in [0.2, 0.25) is 0 Å². The summed E-state index contributed by atoms with van der Waals surface area (Å²) in [6, 6.07) is 8.87. The molecule has 1 aliphatic rings. The highest BCUT2D eigenvalue weighted by Crippen LogP contribution is 2.36. The summed E-state index contributed by atoms with van der Waals surface area (Å²) in [6.07, 6.45) is 16.1. The van der Waals surface area contributed by atoms with E-state index in [1.54, 1.807) is 7.11 Å². The molecular weight excluding hydrogens is 308 g/mol. The molecule has 0 aliphatic heterocycles. The van der Waals surface area contributed by atoms with E-state index in [2.05, 4.69) is 43.3 Å². The molecule has 2 rings (SSSR count). The zero-order valence-corrected chi connectivity index (χ0v) is 16.2. The molecule has 0 radical (unpaired) electrons. The predicted octanol–water partition coefficient (Wildman–Crippen LogP) is 6.51. The van der Waals surface area contributed by atoms with Gasteiger partial charge in [-0.2, -0.15) is 0 Å². The SMILES string of the molecule is CCCCCCCOc1ccc(C2CCC(/C=C/COC)CC2)cc1. The van der Waals surface area contributed by atoms with Gasteiger partial charge in [0.15, 0.2) is 0 Å². The maximum absolute atomic E-state index is 5.88. The molecule has 140 valence electrons. The molecule has 2 heteroatoms. The molecule has 1 fully saturated rings. The zero-order chi connectivity index (χ0) is 17.7. The van der Waals surface area contributed by atoms with Crippen LogP contribution in [0, 0.1) is 5.92 Å². The highest BCUT2D eigenvalue weighted by atomic mass is 16.5. The van der Waals surface area contributed by atoms with Crippen molar-refractivity contribution in [1.82, 2.24) is 0 Å². The Balaban J connectivity index is 1.68. The van der Waals surface area contributed by atoms with Gasteiger partial charge < -0.3 is 9.47 Å². The number of rotatable bonds is 11. The monoisotopic (exact) mass is 344 g/mol. The number of benzene rings is 1. The molecule has 0 atom stereocenters. The quantitative estimate of drug-likeness (QED) is 0.336. The molecule has 0 unspecified atom stereocenters. The van der Waals surface area contributed by atoms with Gasteiger partial charge in [0, 0.05) is 7.11 Å². The minimum Gasteiger partial charge on any atom is -0.494 e. The molecule has 0 N–H and O–H groups in total. The summed E-state index contributed by atoms with van der Waals surface area (Å²) in [5, 5.41) is 0. The fourth-order valence-electron chi connectivity index (χ4n) is 3.72. The molecule has 1 aliphatic carbocycles. The Morgan fingerprint density at radius 3 is 2.36 bits per heavy atom. The first-order chi connectivity index (χ1) is 12.3. The Bertz CT molecular complexity index is 469. The second kappa shape index (κ2) is 12.1. The lowest BCUT2D eigenvalue weighted by atomic mass is 9.78. The van der Waals surface area contributed by atoms with Crippen molar-refractivity contribution in [3.8, 4) is 5.75 Å². The fraction of sp³-hybridized carbons (Fsp3) is 0.652. The van der Waals surface area contributed by atoms with Gasteiger partial charge in [-0.25, -0.2) is 0 Å². The van der Waals surface area contributed by atoms with Crippen LogP contribution in [0.2, 0.25) is 0 Å². The Hall–Kier alpha value is -1.28. The standard InChI is InChI=1S/C23H36O2/c1-3-4-5-6-7-19-25-23-16-14-22(15-17-23)21-12-10-20(11-13-21)9-8-18-24-2/h8-9,14-17,20-21H,3-7,10-13,18-19H2,1-2H3/b9-8+. The van der Waals surface area contributed by atoms with Gasteiger partial charge in [0.25, 0.3) is 0 Å². The first kappa shape index (κ1) is 20.0. The summed E-state index contributed by atoms with van der Waals surface area (Å²) >= 11 is 0. The summed E-state index contributed by atoms with van der Waals surface area (Å²) in [6.45, 7) is 3.84. The molecule has 0 bridgehead atoms. The van der Waals surface area contributed by atoms with E-state index in [1.807, 2.05) is 0 Å². The first-order valence-corrected chi connectivity index (χ1v) is 10.2. The van der Waals surface area contributed by atoms with E-state index < -0.39 is 0 Å². The normalized spacial score (nSPS) is 20.9. The zero-order valence-electron chi connectivity index (χ0n) is 16.2. The van der Waals surface area contributed by atoms with Crippen LogP contribution in [0.1, 0.15) is 76.2 Å². The van der Waals surface area contributed by atoms with Crippen molar-refractivity contribution in [2.45, 2.75) is 70.6 Å². The van der Waals surface area contributed by atoms with Crippen molar-refractivity contribution in [3.63, 3.8) is 0 Å². The molecular formula is C23H36O2. The van der Waals surface area contributed by atoms with Gasteiger partial charge in [-0.05, 0) is 61.6 Å². The van der Waals surface area contributed by atoms with Gasteiger partial charge >= 0.3 is 0 Å². The number of hydrogen-bond donors (Lipinski definition) is 0. The van der Waals surface area contributed by atoms with Gasteiger partial charge in [-0.1, -0.05) is 56.9 Å². The number of ether oxygens (including phenoxy) is 2. The van der Waals surface area contributed by atoms with Crippen LogP contribution in [0.5, 0.6) is 5.75 Å². The van der Waals surface area contributed by atoms with Crippen LogP contribution >= 0.6 is 0 Å². The van der Waals surface area contributed by atoms with Crippen molar-refractivity contribution in [2.24, 2.45) is 5.92 Å². The summed E-state index contributed by atoms with van der Waals surface area (Å²) < 4.78 is 11.0. The van der Waals surface area contributed by atoms with E-state index in [0.717, 1.165) is 30.8 Å². The third-order valence-corrected chi connectivity index (χ3v) is 5.31. The molecule has 0 heterocycles. The molecule has 0 spiro atoms. The van der Waals surface area contributed by atoms with Crippen molar-refractivity contribution in [3.05, 3.63) is 42.0 Å². The summed E-state index contributed by atoms with van der Waals surface area (Å²) in [5.74, 6) is 2.48. The molecule has 0 aromatic heterocycles. The fourth-order valence-corrected chi connectivity index (χ4v) is 3.72. The Labute approximate surface area is 154 Å². The average Bonchev–Trinajstić information content (AvgIpc) is 2.66. The summed E-state index contributed by atoms with van der Waals surface area (Å²) in [4.78, 5) is 0. The van der Waals surface area contributed by atoms with Crippen LogP contribution in [0.15, 0.2) is 36.4 Å². The minimum absolute atomic E-state index is 0.718. The molecule has 0 saturated heterocycles. The van der Waals surface area contributed by atoms with E-state index in [0.29, 0.717) is 0 Å². The predicted molar refractivity (Wildman–Crippen MR) is 106 cm³/mol. The number of hydrogen-bond acceptors (Lipinski definition) is 2. The lowest BCUT2D eigenvalue weighted by molar-refractivity contribution is 0.233. The van der Waals surface area contributed by atoms with Crippen LogP contribution in [0.25, 0.3) is 0 Å². The first-order valence-electron chi connectivity index (χ1n) is 10.2. The molecule has 2 nitrogen and oxygen atoms in total. The van der Waals surface area contributed by atoms with Gasteiger partial charge in [-0.3, -0.25) is 0 Å². The second-order valence-corrected chi connectivity index (χ2v) is 7.33. The molecule has 1 saturated carbocycles. The number of unbranched alkanes of at least 4 members (excludes halogenated alkanes) is 4. The van der Waals surface area contributed by atoms with E-state index in [-0.39, 0.29) is 0 Å². The number of allylic oxidation sites excluding steroid dienone is 1. The summed E-state index contributed by atoms with van der Waals surface area (Å²) in [5.41, 5.74) is 1.48. The van der Waals surface area contributed by atoms with Crippen LogP contribution < -0.4 is 4.74 Å². The average molecular weight is 345 g/mol. The van der Waals surface area contributed by atoms with Crippen molar-refractivity contribution in [2.75, 3.05) is 20.3 Å².